The van der Waals surface area contributed by atoms with E-state index in [4.69, 9.17) is 4.74 Å². The summed E-state index contributed by atoms with van der Waals surface area (Å²) < 4.78 is 5.87. The predicted octanol–water partition coefficient (Wildman–Crippen LogP) is 3.75. The Bertz CT molecular complexity index is 387. The first-order valence-electron chi connectivity index (χ1n) is 6.56. The third kappa shape index (κ3) is 4.19. The Labute approximate surface area is 111 Å². The summed E-state index contributed by atoms with van der Waals surface area (Å²) in [6.07, 6.45) is 1.86. The van der Waals surface area contributed by atoms with Crippen molar-refractivity contribution in [3.8, 4) is 5.75 Å². The molecule has 2 heteroatoms. The van der Waals surface area contributed by atoms with E-state index in [1.54, 1.807) is 0 Å². The summed E-state index contributed by atoms with van der Waals surface area (Å²) >= 11 is 0. The van der Waals surface area contributed by atoms with Gasteiger partial charge in [-0.3, -0.25) is 0 Å². The highest BCUT2D eigenvalue weighted by atomic mass is 16.5. The third-order valence-electron chi connectivity index (χ3n) is 2.87. The fraction of sp³-hybridized carbons (Fsp3) is 0.500. The van der Waals surface area contributed by atoms with Crippen LogP contribution in [-0.2, 0) is 6.54 Å². The van der Waals surface area contributed by atoms with Crippen LogP contribution >= 0.6 is 0 Å². The quantitative estimate of drug-likeness (QED) is 0.773. The van der Waals surface area contributed by atoms with E-state index in [1.807, 2.05) is 13.0 Å². The van der Waals surface area contributed by atoms with Crippen molar-refractivity contribution in [2.45, 2.75) is 53.3 Å². The number of benzene rings is 1. The van der Waals surface area contributed by atoms with Gasteiger partial charge in [-0.15, -0.1) is 0 Å². The molecule has 2 nitrogen and oxygen atoms in total. The Kier molecular flexibility index (Phi) is 5.42. The SMILES string of the molecule is C=CC(C)Oc1c(C)cc(CNC(C)C)cc1C. The molecule has 1 unspecified atom stereocenters. The van der Waals surface area contributed by atoms with Crippen LogP contribution in [0.4, 0.5) is 0 Å². The highest BCUT2D eigenvalue weighted by Crippen LogP contribution is 2.26. The summed E-state index contributed by atoms with van der Waals surface area (Å²) in [5, 5.41) is 3.43. The van der Waals surface area contributed by atoms with Crippen LogP contribution in [0.1, 0.15) is 37.5 Å². The Balaban J connectivity index is 2.86. The molecule has 1 N–H and O–H groups in total. The molecule has 0 spiro atoms. The van der Waals surface area contributed by atoms with Crippen LogP contribution in [0.3, 0.4) is 0 Å². The first-order valence-corrected chi connectivity index (χ1v) is 6.56. The van der Waals surface area contributed by atoms with Crippen molar-refractivity contribution in [3.05, 3.63) is 41.5 Å². The molecule has 0 radical (unpaired) electrons. The largest absolute Gasteiger partial charge is 0.486 e. The number of hydrogen-bond acceptors (Lipinski definition) is 2. The van der Waals surface area contributed by atoms with Crippen LogP contribution in [0.15, 0.2) is 24.8 Å². The molecule has 1 atom stereocenters. The lowest BCUT2D eigenvalue weighted by atomic mass is 10.1. The van der Waals surface area contributed by atoms with Crippen LogP contribution in [0.2, 0.25) is 0 Å². The predicted molar refractivity (Wildman–Crippen MR) is 78.2 cm³/mol. The molecule has 1 rings (SSSR count). The van der Waals surface area contributed by atoms with Crippen LogP contribution < -0.4 is 10.1 Å². The van der Waals surface area contributed by atoms with Gasteiger partial charge < -0.3 is 10.1 Å². The summed E-state index contributed by atoms with van der Waals surface area (Å²) in [5.41, 5.74) is 3.67. The smallest absolute Gasteiger partial charge is 0.126 e. The molecule has 0 saturated carbocycles. The van der Waals surface area contributed by atoms with E-state index in [0.29, 0.717) is 6.04 Å². The van der Waals surface area contributed by atoms with Crippen molar-refractivity contribution in [3.63, 3.8) is 0 Å². The molecule has 0 aliphatic carbocycles. The molecule has 1 aromatic carbocycles. The molecule has 1 aromatic rings. The minimum atomic E-state index is 0.0436. The molecule has 100 valence electrons. The maximum absolute atomic E-state index is 5.87. The summed E-state index contributed by atoms with van der Waals surface area (Å²) in [7, 11) is 0. The van der Waals surface area contributed by atoms with E-state index in [1.165, 1.54) is 16.7 Å². The lowest BCUT2D eigenvalue weighted by molar-refractivity contribution is 0.266. The molecule has 0 amide bonds. The van der Waals surface area contributed by atoms with E-state index in [2.05, 4.69) is 51.7 Å². The Morgan fingerprint density at radius 1 is 1.22 bits per heavy atom. The van der Waals surface area contributed by atoms with Gasteiger partial charge >= 0.3 is 0 Å². The molecule has 0 aliphatic heterocycles. The van der Waals surface area contributed by atoms with E-state index < -0.39 is 0 Å². The van der Waals surface area contributed by atoms with Gasteiger partial charge in [0.1, 0.15) is 11.9 Å². The van der Waals surface area contributed by atoms with Crippen molar-refractivity contribution in [2.24, 2.45) is 0 Å². The molecule has 0 bridgehead atoms. The number of rotatable bonds is 6. The highest BCUT2D eigenvalue weighted by Gasteiger charge is 2.08. The van der Waals surface area contributed by atoms with Crippen LogP contribution in [0.5, 0.6) is 5.75 Å². The minimum absolute atomic E-state index is 0.0436. The monoisotopic (exact) mass is 247 g/mol. The third-order valence-corrected chi connectivity index (χ3v) is 2.87. The second-order valence-corrected chi connectivity index (χ2v) is 5.15. The molecule has 18 heavy (non-hydrogen) atoms. The Morgan fingerprint density at radius 3 is 2.22 bits per heavy atom. The van der Waals surface area contributed by atoms with Gasteiger partial charge in [-0.25, -0.2) is 0 Å². The first kappa shape index (κ1) is 14.8. The lowest BCUT2D eigenvalue weighted by Crippen LogP contribution is -2.22. The normalized spacial score (nSPS) is 12.6. The minimum Gasteiger partial charge on any atom is -0.486 e. The zero-order valence-electron chi connectivity index (χ0n) is 12.2. The van der Waals surface area contributed by atoms with Gasteiger partial charge in [-0.05, 0) is 37.5 Å². The van der Waals surface area contributed by atoms with Gasteiger partial charge in [0.25, 0.3) is 0 Å². The maximum Gasteiger partial charge on any atom is 0.126 e. The molecule has 0 aromatic heterocycles. The van der Waals surface area contributed by atoms with Crippen molar-refractivity contribution in [1.29, 1.82) is 0 Å². The zero-order valence-corrected chi connectivity index (χ0v) is 12.2. The Morgan fingerprint density at radius 2 is 1.78 bits per heavy atom. The van der Waals surface area contributed by atoms with Gasteiger partial charge in [0.05, 0.1) is 0 Å². The first-order chi connectivity index (χ1) is 8.43. The maximum atomic E-state index is 5.87. The van der Waals surface area contributed by atoms with E-state index in [9.17, 15) is 0 Å². The molecule has 0 saturated heterocycles. The second-order valence-electron chi connectivity index (χ2n) is 5.15. The van der Waals surface area contributed by atoms with Crippen molar-refractivity contribution < 1.29 is 4.74 Å². The topological polar surface area (TPSA) is 21.3 Å². The van der Waals surface area contributed by atoms with Gasteiger partial charge in [-0.1, -0.05) is 38.6 Å². The fourth-order valence-electron chi connectivity index (χ4n) is 1.88. The van der Waals surface area contributed by atoms with Crippen LogP contribution in [0, 0.1) is 13.8 Å². The summed E-state index contributed by atoms with van der Waals surface area (Å²) in [6, 6.07) is 4.88. The van der Waals surface area contributed by atoms with E-state index in [0.717, 1.165) is 12.3 Å². The van der Waals surface area contributed by atoms with Crippen molar-refractivity contribution in [1.82, 2.24) is 5.32 Å². The summed E-state index contributed by atoms with van der Waals surface area (Å²) in [6.45, 7) is 15.1. The van der Waals surface area contributed by atoms with Crippen LogP contribution in [0.25, 0.3) is 0 Å². The standard InChI is InChI=1S/C16H25NO/c1-7-14(6)18-16-12(4)8-15(9-13(16)5)10-17-11(2)3/h7-9,11,14,17H,1,10H2,2-6H3. The summed E-state index contributed by atoms with van der Waals surface area (Å²) in [4.78, 5) is 0. The van der Waals surface area contributed by atoms with E-state index in [-0.39, 0.29) is 6.10 Å². The fourth-order valence-corrected chi connectivity index (χ4v) is 1.88. The van der Waals surface area contributed by atoms with Crippen LogP contribution in [-0.4, -0.2) is 12.1 Å². The molecule has 0 heterocycles. The highest BCUT2D eigenvalue weighted by molar-refractivity contribution is 5.43. The number of ether oxygens (including phenoxy) is 1. The molecular formula is C16H25NO. The number of hydrogen-bond donors (Lipinski definition) is 1. The number of aryl methyl sites for hydroxylation is 2. The lowest BCUT2D eigenvalue weighted by Gasteiger charge is -2.17. The molecule has 0 aliphatic rings. The average molecular weight is 247 g/mol. The van der Waals surface area contributed by atoms with E-state index >= 15 is 0 Å². The van der Waals surface area contributed by atoms with Crippen molar-refractivity contribution in [2.75, 3.05) is 0 Å². The second kappa shape index (κ2) is 6.60. The van der Waals surface area contributed by atoms with Gasteiger partial charge in [-0.2, -0.15) is 0 Å². The zero-order chi connectivity index (χ0) is 13.7. The van der Waals surface area contributed by atoms with Crippen molar-refractivity contribution >= 4 is 0 Å². The van der Waals surface area contributed by atoms with Gasteiger partial charge in [0.15, 0.2) is 0 Å². The average Bonchev–Trinajstić information content (AvgIpc) is 2.30. The summed E-state index contributed by atoms with van der Waals surface area (Å²) in [5.74, 6) is 0.982. The molecule has 0 fully saturated rings. The molecular weight excluding hydrogens is 222 g/mol. The number of nitrogens with one attached hydrogen (secondary N) is 1. The van der Waals surface area contributed by atoms with Gasteiger partial charge in [0.2, 0.25) is 0 Å². The van der Waals surface area contributed by atoms with Gasteiger partial charge in [0, 0.05) is 12.6 Å². The Hall–Kier alpha value is -1.28.